The molecule has 2 aliphatic rings. The molecule has 9 heteroatoms. The maximum absolute atomic E-state index is 12.6. The normalized spacial score (nSPS) is 20.5. The van der Waals surface area contributed by atoms with Crippen LogP contribution in [0.25, 0.3) is 4.85 Å². The quantitative estimate of drug-likeness (QED) is 0.0888. The molecule has 0 saturated carbocycles. The third-order valence-corrected chi connectivity index (χ3v) is 9.98. The molecule has 2 amide bonds. The van der Waals surface area contributed by atoms with Gasteiger partial charge in [-0.1, -0.05) is 38.3 Å². The molecule has 1 saturated heterocycles. The Morgan fingerprint density at radius 1 is 1.02 bits per heavy atom. The molecule has 2 heterocycles. The average molecular weight is 573 g/mol. The minimum atomic E-state index is -1.26. The maximum atomic E-state index is 12.6. The largest absolute Gasteiger partial charge is 0.314 e. The zero-order valence-electron chi connectivity index (χ0n) is 25.2. The molecule has 2 atom stereocenters. The van der Waals surface area contributed by atoms with Crippen LogP contribution in [0.2, 0.25) is 0 Å². The van der Waals surface area contributed by atoms with Crippen LogP contribution in [0.15, 0.2) is 24.3 Å². The van der Waals surface area contributed by atoms with Crippen molar-refractivity contribution in [1.29, 1.82) is 0 Å². The number of imide groups is 1. The lowest BCUT2D eigenvalue weighted by molar-refractivity contribution is -0.0275. The minimum Gasteiger partial charge on any atom is -0.314 e. The second kappa shape index (κ2) is 15.9. The van der Waals surface area contributed by atoms with Crippen LogP contribution >= 0.6 is 8.53 Å². The van der Waals surface area contributed by atoms with Crippen molar-refractivity contribution >= 4 is 20.3 Å². The third-order valence-electron chi connectivity index (χ3n) is 7.73. The molecule has 0 radical (unpaired) electrons. The van der Waals surface area contributed by atoms with Crippen molar-refractivity contribution in [1.82, 2.24) is 14.5 Å². The summed E-state index contributed by atoms with van der Waals surface area (Å²) >= 11 is 0. The van der Waals surface area contributed by atoms with E-state index in [1.54, 1.807) is 12.1 Å². The van der Waals surface area contributed by atoms with Crippen LogP contribution in [-0.2, 0) is 9.05 Å². The number of hydrogen-bond acceptors (Lipinski definition) is 6. The lowest BCUT2D eigenvalue weighted by Crippen LogP contribution is -2.50. The van der Waals surface area contributed by atoms with Gasteiger partial charge in [-0.05, 0) is 85.0 Å². The highest BCUT2D eigenvalue weighted by Gasteiger charge is 2.41. The first-order chi connectivity index (χ1) is 19.2. The van der Waals surface area contributed by atoms with Gasteiger partial charge in [-0.15, -0.1) is 0 Å². The van der Waals surface area contributed by atoms with E-state index in [1.165, 1.54) is 4.90 Å². The Labute approximate surface area is 243 Å². The van der Waals surface area contributed by atoms with Crippen LogP contribution in [0.4, 0.5) is 0 Å². The molecular formula is C31H49N4O4P. The number of nitrogens with zero attached hydrogens (tertiary/aromatic N) is 4. The predicted molar refractivity (Wildman–Crippen MR) is 161 cm³/mol. The number of likely N-dealkylation sites (tertiary alicyclic amines) is 1. The van der Waals surface area contributed by atoms with Gasteiger partial charge in [-0.2, -0.15) is 0 Å². The lowest BCUT2D eigenvalue weighted by Gasteiger charge is -2.46. The summed E-state index contributed by atoms with van der Waals surface area (Å²) < 4.78 is 15.6. The van der Waals surface area contributed by atoms with Crippen molar-refractivity contribution in [3.8, 4) is 0 Å². The highest BCUT2D eigenvalue weighted by atomic mass is 31.2. The van der Waals surface area contributed by atoms with Crippen molar-refractivity contribution < 1.29 is 18.6 Å². The summed E-state index contributed by atoms with van der Waals surface area (Å²) in [5.74, 6) is -0.319. The fraction of sp³-hybridized carbons (Fsp3) is 0.710. The van der Waals surface area contributed by atoms with Crippen molar-refractivity contribution in [2.24, 2.45) is 0 Å². The van der Waals surface area contributed by atoms with Crippen molar-refractivity contribution in [3.05, 3.63) is 46.8 Å². The highest BCUT2D eigenvalue weighted by molar-refractivity contribution is 7.44. The standard InChI is InChI=1S/C31H49N4O4P/c1-7-17-31(39-40(38-23-19-32-6)35(25(2)3)26(4)5)18-14-21-33(24-31)20-12-8-9-13-22-34-29(36)27-15-10-11-16-28(27)30(34)37/h10-11,15-16,25-26H,7-9,12-14,17-24H2,1-5H3. The number of amides is 2. The van der Waals surface area contributed by atoms with E-state index in [2.05, 4.69) is 49.0 Å². The number of hydrogen-bond donors (Lipinski definition) is 0. The van der Waals surface area contributed by atoms with Gasteiger partial charge in [0.25, 0.3) is 20.3 Å². The number of carbonyl (C=O) groups is 2. The van der Waals surface area contributed by atoms with Gasteiger partial charge in [-0.25, -0.2) is 11.2 Å². The Balaban J connectivity index is 1.50. The summed E-state index contributed by atoms with van der Waals surface area (Å²) in [5, 5.41) is 0. The molecular weight excluding hydrogens is 523 g/mol. The number of benzene rings is 1. The lowest BCUT2D eigenvalue weighted by atomic mass is 9.88. The zero-order valence-corrected chi connectivity index (χ0v) is 26.1. The number of rotatable bonds is 17. The van der Waals surface area contributed by atoms with Crippen LogP contribution in [0, 0.1) is 6.57 Å². The Morgan fingerprint density at radius 2 is 1.65 bits per heavy atom. The van der Waals surface area contributed by atoms with Gasteiger partial charge in [0.1, 0.15) is 6.61 Å². The van der Waals surface area contributed by atoms with Crippen molar-refractivity contribution in [3.63, 3.8) is 0 Å². The average Bonchev–Trinajstić information content (AvgIpc) is 3.15. The summed E-state index contributed by atoms with van der Waals surface area (Å²) in [6, 6.07) is 7.67. The van der Waals surface area contributed by atoms with Gasteiger partial charge in [-0.3, -0.25) is 14.5 Å². The summed E-state index contributed by atoms with van der Waals surface area (Å²) in [5.41, 5.74) is 0.825. The van der Waals surface area contributed by atoms with E-state index >= 15 is 0 Å². The zero-order chi connectivity index (χ0) is 29.1. The Bertz CT molecular complexity index is 966. The van der Waals surface area contributed by atoms with Gasteiger partial charge in [0.15, 0.2) is 0 Å². The molecule has 8 nitrogen and oxygen atoms in total. The van der Waals surface area contributed by atoms with Gasteiger partial charge < -0.3 is 18.8 Å². The Morgan fingerprint density at radius 3 is 2.23 bits per heavy atom. The second-order valence-electron chi connectivity index (χ2n) is 11.6. The Hall–Kier alpha value is -1.88. The molecule has 2 unspecified atom stereocenters. The number of unbranched alkanes of at least 4 members (excludes halogenated alkanes) is 3. The minimum absolute atomic E-state index is 0.160. The first kappa shape index (κ1) is 32.6. The topological polar surface area (TPSA) is 66.7 Å². The molecule has 3 rings (SSSR count). The maximum Gasteiger partial charge on any atom is 0.261 e. The van der Waals surface area contributed by atoms with Crippen LogP contribution in [0.3, 0.4) is 0 Å². The Kier molecular flexibility index (Phi) is 13.0. The summed E-state index contributed by atoms with van der Waals surface area (Å²) in [4.78, 5) is 32.6. The van der Waals surface area contributed by atoms with Crippen LogP contribution in [-0.4, -0.2) is 83.3 Å². The van der Waals surface area contributed by atoms with Crippen molar-refractivity contribution in [2.75, 3.05) is 39.3 Å². The molecule has 1 aromatic rings. The number of piperidine rings is 1. The van der Waals surface area contributed by atoms with E-state index in [-0.39, 0.29) is 29.5 Å². The molecule has 222 valence electrons. The van der Waals surface area contributed by atoms with Gasteiger partial charge >= 0.3 is 0 Å². The van der Waals surface area contributed by atoms with Crippen molar-refractivity contribution in [2.45, 2.75) is 104 Å². The van der Waals surface area contributed by atoms with E-state index < -0.39 is 8.53 Å². The van der Waals surface area contributed by atoms with Gasteiger partial charge in [0, 0.05) is 25.2 Å². The summed E-state index contributed by atoms with van der Waals surface area (Å²) in [7, 11) is -1.26. The van der Waals surface area contributed by atoms with Gasteiger partial charge in [0.05, 0.1) is 16.7 Å². The molecule has 0 spiro atoms. The van der Waals surface area contributed by atoms with Crippen LogP contribution in [0.5, 0.6) is 0 Å². The smallest absolute Gasteiger partial charge is 0.261 e. The molecule has 2 aliphatic heterocycles. The molecule has 0 bridgehead atoms. The predicted octanol–water partition coefficient (Wildman–Crippen LogP) is 6.78. The van der Waals surface area contributed by atoms with E-state index in [0.717, 1.165) is 71.0 Å². The number of carbonyl (C=O) groups excluding carboxylic acids is 2. The fourth-order valence-corrected chi connectivity index (χ4v) is 7.85. The van der Waals surface area contributed by atoms with Crippen LogP contribution < -0.4 is 0 Å². The first-order valence-electron chi connectivity index (χ1n) is 15.1. The molecule has 0 aliphatic carbocycles. The van der Waals surface area contributed by atoms with E-state index in [4.69, 9.17) is 15.6 Å². The molecule has 40 heavy (non-hydrogen) atoms. The first-order valence-corrected chi connectivity index (χ1v) is 16.3. The van der Waals surface area contributed by atoms with Gasteiger partial charge in [0.2, 0.25) is 6.54 Å². The van der Waals surface area contributed by atoms with E-state index in [9.17, 15) is 9.59 Å². The van der Waals surface area contributed by atoms with E-state index in [1.807, 2.05) is 12.1 Å². The highest BCUT2D eigenvalue weighted by Crippen LogP contribution is 2.51. The van der Waals surface area contributed by atoms with E-state index in [0.29, 0.717) is 30.8 Å². The number of fused-ring (bicyclic) bond motifs is 1. The fourth-order valence-electron chi connectivity index (χ4n) is 6.01. The molecule has 1 fully saturated rings. The molecule has 0 aromatic heterocycles. The molecule has 0 N–H and O–H groups in total. The van der Waals surface area contributed by atoms with Crippen LogP contribution in [0.1, 0.15) is 107 Å². The summed E-state index contributed by atoms with van der Waals surface area (Å²) in [6.07, 6.45) is 8.18. The third kappa shape index (κ3) is 8.57. The monoisotopic (exact) mass is 572 g/mol. The SMILES string of the molecule is [C-]#[N+]CCOP(OC1(CCC)CCCN(CCCCCCN2C(=O)c3ccccc3C2=O)C1)N(C(C)C)C(C)C. The second-order valence-corrected chi connectivity index (χ2v) is 13.0. The molecule has 1 aromatic carbocycles. The summed E-state index contributed by atoms with van der Waals surface area (Å²) in [6.45, 7) is 22.4.